The van der Waals surface area contributed by atoms with Gasteiger partial charge >= 0.3 is 11.9 Å². The normalized spacial score (nSPS) is 16.0. The van der Waals surface area contributed by atoms with Crippen LogP contribution in [0, 0.1) is 11.6 Å². The summed E-state index contributed by atoms with van der Waals surface area (Å²) in [4.78, 5) is 35.2. The van der Waals surface area contributed by atoms with Crippen LogP contribution in [0.1, 0.15) is 92.0 Å². The van der Waals surface area contributed by atoms with Gasteiger partial charge in [0.25, 0.3) is 0 Å². The van der Waals surface area contributed by atoms with E-state index in [0.717, 1.165) is 25.7 Å². The smallest absolute Gasteiger partial charge is 0.338 e. The molecule has 418 valence electrons. The van der Waals surface area contributed by atoms with Crippen molar-refractivity contribution in [3.63, 3.8) is 0 Å². The van der Waals surface area contributed by atoms with E-state index in [-0.39, 0.29) is 76.9 Å². The number of carboxylic acids is 1. The van der Waals surface area contributed by atoms with Crippen molar-refractivity contribution in [1.82, 2.24) is 20.3 Å². The van der Waals surface area contributed by atoms with E-state index in [1.165, 1.54) is 55.9 Å². The largest absolute Gasteiger partial charge is 0.489 e. The molecule has 16 nitrogen and oxygen atoms in total. The number of methoxy groups -OCH3 is 1. The molecule has 4 fully saturated rings. The lowest BCUT2D eigenvalue weighted by Gasteiger charge is -2.47. The standard InChI is InChI=1S/C29H23Cl3FN3O5.C28H21Cl3FN3O5/c1-39-28(37)16-6-7-34-24(8-16)36-13-29(38,14-36)20-5-4-18(11-21(20)30)40-12-19-26(35-41-27(19)15-2-3-15)25-22(31)9-17(33)10-23(25)32;29-20-10-17(3-4-19(20)28(38)12-35(13-28)23-7-15(27(36)37)5-6-33-23)39-11-18-25(34-40-26(18)14-1-2-14)24-21(30)8-16(32)9-22(24)31/h4-11,15,38H,2-3,12-14H2,1H3;3-10,14,38H,1-2,11-13H2,(H,36,37). The number of rotatable bonds is 16. The van der Waals surface area contributed by atoms with Crippen LogP contribution in [-0.4, -0.2) is 80.8 Å². The lowest BCUT2D eigenvalue weighted by molar-refractivity contribution is 0.00673. The molecule has 24 heteroatoms. The Morgan fingerprint density at radius 2 is 0.988 bits per heavy atom. The molecular weight excluding hydrogens is 1180 g/mol. The molecule has 0 atom stereocenters. The van der Waals surface area contributed by atoms with E-state index in [1.807, 2.05) is 4.90 Å². The summed E-state index contributed by atoms with van der Waals surface area (Å²) in [5, 5.41) is 41.2. The third kappa shape index (κ3) is 11.6. The highest BCUT2D eigenvalue weighted by Crippen LogP contribution is 2.49. The van der Waals surface area contributed by atoms with Crippen molar-refractivity contribution in [3.05, 3.63) is 184 Å². The van der Waals surface area contributed by atoms with Crippen LogP contribution in [0.2, 0.25) is 30.1 Å². The Hall–Kier alpha value is -6.74. The van der Waals surface area contributed by atoms with E-state index in [4.69, 9.17) is 92.9 Å². The van der Waals surface area contributed by atoms with E-state index in [9.17, 15) is 33.7 Å². The second kappa shape index (κ2) is 22.5. The van der Waals surface area contributed by atoms with E-state index in [0.29, 0.717) is 95.0 Å². The number of nitrogens with zero attached hydrogens (tertiary/aromatic N) is 6. The molecule has 4 aliphatic rings. The summed E-state index contributed by atoms with van der Waals surface area (Å²) in [6.07, 6.45) is 6.78. The van der Waals surface area contributed by atoms with Crippen LogP contribution in [0.5, 0.6) is 11.5 Å². The fourth-order valence-corrected chi connectivity index (χ4v) is 11.8. The summed E-state index contributed by atoms with van der Waals surface area (Å²) in [5.74, 6) is 1.10. The molecule has 12 rings (SSSR count). The molecule has 6 heterocycles. The van der Waals surface area contributed by atoms with E-state index in [1.54, 1.807) is 53.4 Å². The number of halogens is 8. The topological polar surface area (TPSA) is 207 Å². The Morgan fingerprint density at radius 1 is 0.593 bits per heavy atom. The van der Waals surface area contributed by atoms with Crippen molar-refractivity contribution in [1.29, 1.82) is 0 Å². The Labute approximate surface area is 490 Å². The quantitative estimate of drug-likeness (QED) is 0.0769. The first-order valence-corrected chi connectivity index (χ1v) is 27.4. The van der Waals surface area contributed by atoms with Crippen molar-refractivity contribution in [3.8, 4) is 34.0 Å². The maximum atomic E-state index is 13.8. The molecule has 8 aromatic rings. The van der Waals surface area contributed by atoms with Gasteiger partial charge in [-0.3, -0.25) is 0 Å². The van der Waals surface area contributed by atoms with Crippen LogP contribution in [0.3, 0.4) is 0 Å². The number of esters is 1. The van der Waals surface area contributed by atoms with Crippen molar-refractivity contribution in [2.75, 3.05) is 43.1 Å². The van der Waals surface area contributed by atoms with E-state index < -0.39 is 34.8 Å². The number of anilines is 2. The van der Waals surface area contributed by atoms with Crippen molar-refractivity contribution < 1.29 is 56.9 Å². The number of aliphatic hydroxyl groups is 2. The number of β-amino-alcohol motifs (C(OH)–C–C–N with tert-alkyl or cyclic N) is 2. The molecule has 3 N–H and O–H groups in total. The molecule has 0 spiro atoms. The lowest BCUT2D eigenvalue weighted by Crippen LogP contribution is -2.60. The summed E-state index contributed by atoms with van der Waals surface area (Å²) in [6.45, 7) is 1.02. The molecule has 0 amide bonds. The average Bonchev–Trinajstić information content (AvgIpc) is 4.17. The van der Waals surface area contributed by atoms with Crippen molar-refractivity contribution in [2.45, 2.75) is 61.9 Å². The fraction of sp³-hybridized carbons (Fsp3) is 0.263. The van der Waals surface area contributed by atoms with E-state index >= 15 is 0 Å². The number of benzene rings is 4. The molecule has 0 radical (unpaired) electrons. The minimum Gasteiger partial charge on any atom is -0.489 e. The van der Waals surface area contributed by atoms with Crippen LogP contribution < -0.4 is 19.3 Å². The predicted octanol–water partition coefficient (Wildman–Crippen LogP) is 13.5. The molecule has 4 aromatic heterocycles. The summed E-state index contributed by atoms with van der Waals surface area (Å²) in [6, 6.07) is 20.8. The Kier molecular flexibility index (Phi) is 15.6. The first-order valence-electron chi connectivity index (χ1n) is 25.1. The summed E-state index contributed by atoms with van der Waals surface area (Å²) in [7, 11) is 1.31. The fourth-order valence-electron chi connectivity index (χ4n) is 9.82. The van der Waals surface area contributed by atoms with Gasteiger partial charge in [-0.25, -0.2) is 28.3 Å². The third-order valence-electron chi connectivity index (χ3n) is 14.3. The van der Waals surface area contributed by atoms with Crippen LogP contribution in [-0.2, 0) is 29.2 Å². The molecular formula is C57H44Cl6F2N6O10. The maximum Gasteiger partial charge on any atom is 0.338 e. The molecule has 0 bridgehead atoms. The Morgan fingerprint density at radius 3 is 1.36 bits per heavy atom. The number of carboxylic acid groups (broad SMARTS) is 1. The molecule has 2 aliphatic carbocycles. The summed E-state index contributed by atoms with van der Waals surface area (Å²) in [5.41, 5.74) is 1.98. The zero-order valence-corrected chi connectivity index (χ0v) is 46.9. The zero-order chi connectivity index (χ0) is 57.1. The first-order chi connectivity index (χ1) is 38.8. The van der Waals surface area contributed by atoms with Gasteiger partial charge in [0.05, 0.1) is 85.7 Å². The highest BCUT2D eigenvalue weighted by Gasteiger charge is 2.46. The number of pyridine rings is 2. The molecule has 4 aromatic carbocycles. The monoisotopic (exact) mass is 1220 g/mol. The Bertz CT molecular complexity index is 3730. The third-order valence-corrected chi connectivity index (χ3v) is 16.1. The molecule has 0 unspecified atom stereocenters. The van der Waals surface area contributed by atoms with Gasteiger partial charge in [0.1, 0.15) is 82.1 Å². The second-order valence-electron chi connectivity index (χ2n) is 20.0. The Balaban J connectivity index is 0.000000170. The molecule has 2 saturated carbocycles. The van der Waals surface area contributed by atoms with Crippen LogP contribution >= 0.6 is 69.6 Å². The van der Waals surface area contributed by atoms with Gasteiger partial charge in [-0.05, 0) is 98.5 Å². The van der Waals surface area contributed by atoms with Crippen molar-refractivity contribution in [2.24, 2.45) is 0 Å². The summed E-state index contributed by atoms with van der Waals surface area (Å²) >= 11 is 38.4. The number of aromatic nitrogens is 4. The SMILES string of the molecule is COC(=O)c1ccnc(N2CC(O)(c3ccc(OCc4c(-c5c(Cl)cc(F)cc5Cl)noc4C4CC4)cc3Cl)C2)c1.O=C(O)c1ccnc(N2CC(O)(c3ccc(OCc4c(-c5c(Cl)cc(F)cc5Cl)noc4C4CC4)cc3Cl)C2)c1. The van der Waals surface area contributed by atoms with E-state index in [2.05, 4.69) is 20.3 Å². The number of hydrogen-bond acceptors (Lipinski definition) is 15. The van der Waals surface area contributed by atoms with Gasteiger partial charge < -0.3 is 48.4 Å². The van der Waals surface area contributed by atoms with Crippen LogP contribution in [0.15, 0.2) is 106 Å². The van der Waals surface area contributed by atoms with Gasteiger partial charge in [0.15, 0.2) is 0 Å². The van der Waals surface area contributed by atoms with Gasteiger partial charge in [-0.1, -0.05) is 92.1 Å². The number of carbonyl (C=O) groups excluding carboxylic acids is 1. The summed E-state index contributed by atoms with van der Waals surface area (Å²) < 4.78 is 55.8. The molecule has 81 heavy (non-hydrogen) atoms. The average molecular weight is 1220 g/mol. The van der Waals surface area contributed by atoms with Crippen LogP contribution in [0.4, 0.5) is 20.4 Å². The zero-order valence-electron chi connectivity index (χ0n) is 42.4. The second-order valence-corrected chi connectivity index (χ2v) is 22.5. The maximum absolute atomic E-state index is 13.8. The minimum atomic E-state index is -1.24. The molecule has 2 saturated heterocycles. The number of aromatic carboxylic acids is 1. The van der Waals surface area contributed by atoms with Crippen LogP contribution in [0.25, 0.3) is 22.5 Å². The number of hydrogen-bond donors (Lipinski definition) is 3. The highest BCUT2D eigenvalue weighted by atomic mass is 35.5. The lowest BCUT2D eigenvalue weighted by atomic mass is 9.86. The van der Waals surface area contributed by atoms with Crippen molar-refractivity contribution >= 4 is 93.2 Å². The molecule has 2 aliphatic heterocycles. The highest BCUT2D eigenvalue weighted by molar-refractivity contribution is 6.40. The number of ether oxygens (including phenoxy) is 3. The van der Waals surface area contributed by atoms with Gasteiger partial charge in [-0.15, -0.1) is 0 Å². The van der Waals surface area contributed by atoms with Gasteiger partial charge in [0.2, 0.25) is 0 Å². The predicted molar refractivity (Wildman–Crippen MR) is 298 cm³/mol. The number of carbonyl (C=O) groups is 2. The van der Waals surface area contributed by atoms with Gasteiger partial charge in [-0.2, -0.15) is 0 Å². The first kappa shape index (κ1) is 56.1. The minimum absolute atomic E-state index is 0.0774. The van der Waals surface area contributed by atoms with Gasteiger partial charge in [0, 0.05) is 46.5 Å².